The lowest BCUT2D eigenvalue weighted by molar-refractivity contribution is -0.384. The molecule has 0 unspecified atom stereocenters. The minimum Gasteiger partial charge on any atom is -0.376 e. The summed E-state index contributed by atoms with van der Waals surface area (Å²) in [6.07, 6.45) is 0. The topological polar surface area (TPSA) is 101 Å². The maximum atomic E-state index is 12.0. The fraction of sp³-hybridized carbons (Fsp3) is 0.176. The van der Waals surface area contributed by atoms with Gasteiger partial charge in [-0.1, -0.05) is 12.1 Å². The van der Waals surface area contributed by atoms with Crippen LogP contribution in [0.15, 0.2) is 42.5 Å². The van der Waals surface area contributed by atoms with Gasteiger partial charge in [0.1, 0.15) is 0 Å². The number of carbonyl (C=O) groups is 2. The largest absolute Gasteiger partial charge is 0.376 e. The Hall–Kier alpha value is -3.22. The molecule has 0 radical (unpaired) electrons. The number of ketones is 1. The van der Waals surface area contributed by atoms with Crippen LogP contribution in [0.5, 0.6) is 0 Å². The summed E-state index contributed by atoms with van der Waals surface area (Å²) in [5.41, 5.74) is 2.17. The van der Waals surface area contributed by atoms with Gasteiger partial charge in [-0.05, 0) is 37.6 Å². The number of aryl methyl sites for hydroxylation is 1. The van der Waals surface area contributed by atoms with Crippen molar-refractivity contribution in [2.75, 3.05) is 17.2 Å². The first kappa shape index (κ1) is 17.1. The van der Waals surface area contributed by atoms with E-state index in [1.54, 1.807) is 31.2 Å². The van der Waals surface area contributed by atoms with Crippen molar-refractivity contribution < 1.29 is 14.5 Å². The molecule has 0 bridgehead atoms. The van der Waals surface area contributed by atoms with Crippen LogP contribution in [0.2, 0.25) is 0 Å². The van der Waals surface area contributed by atoms with E-state index in [-0.39, 0.29) is 23.9 Å². The number of rotatable bonds is 6. The van der Waals surface area contributed by atoms with Crippen LogP contribution in [0.3, 0.4) is 0 Å². The molecule has 2 aromatic carbocycles. The fourth-order valence-electron chi connectivity index (χ4n) is 2.22. The molecule has 0 saturated heterocycles. The number of hydrogen-bond donors (Lipinski definition) is 2. The molecular formula is C17H17N3O4. The van der Waals surface area contributed by atoms with E-state index < -0.39 is 4.92 Å². The van der Waals surface area contributed by atoms with Crippen LogP contribution in [-0.4, -0.2) is 23.2 Å². The fourth-order valence-corrected chi connectivity index (χ4v) is 2.22. The van der Waals surface area contributed by atoms with E-state index in [1.165, 1.54) is 25.1 Å². The molecule has 0 atom stereocenters. The summed E-state index contributed by atoms with van der Waals surface area (Å²) in [7, 11) is 0. The van der Waals surface area contributed by atoms with Crippen LogP contribution < -0.4 is 10.6 Å². The number of para-hydroxylation sites is 1. The third-order valence-corrected chi connectivity index (χ3v) is 3.44. The third-order valence-electron chi connectivity index (χ3n) is 3.44. The predicted molar refractivity (Wildman–Crippen MR) is 91.4 cm³/mol. The van der Waals surface area contributed by atoms with E-state index in [0.717, 1.165) is 0 Å². The lowest BCUT2D eigenvalue weighted by Gasteiger charge is -2.11. The Bertz CT molecular complexity index is 802. The number of nitrogens with zero attached hydrogens (tertiary/aromatic N) is 1. The second-order valence-electron chi connectivity index (χ2n) is 5.26. The smallest absolute Gasteiger partial charge is 0.269 e. The lowest BCUT2D eigenvalue weighted by Crippen LogP contribution is -2.22. The first-order valence-corrected chi connectivity index (χ1v) is 7.27. The minimum absolute atomic E-state index is 0.0271. The number of anilines is 2. The molecule has 0 aliphatic carbocycles. The van der Waals surface area contributed by atoms with Crippen molar-refractivity contribution >= 4 is 28.8 Å². The van der Waals surface area contributed by atoms with Crippen molar-refractivity contribution in [3.8, 4) is 0 Å². The molecule has 0 heterocycles. The van der Waals surface area contributed by atoms with Crippen LogP contribution >= 0.6 is 0 Å². The summed E-state index contributed by atoms with van der Waals surface area (Å²) in [5, 5.41) is 16.3. The number of hydrogen-bond acceptors (Lipinski definition) is 5. The zero-order valence-corrected chi connectivity index (χ0v) is 13.3. The molecule has 2 aromatic rings. The molecule has 0 spiro atoms. The van der Waals surface area contributed by atoms with Crippen molar-refractivity contribution in [1.82, 2.24) is 0 Å². The van der Waals surface area contributed by atoms with Crippen LogP contribution in [-0.2, 0) is 4.79 Å². The molecule has 7 heteroatoms. The Labute approximate surface area is 138 Å². The van der Waals surface area contributed by atoms with Gasteiger partial charge in [-0.2, -0.15) is 0 Å². The van der Waals surface area contributed by atoms with Gasteiger partial charge in [-0.3, -0.25) is 19.7 Å². The van der Waals surface area contributed by atoms with Gasteiger partial charge in [-0.25, -0.2) is 0 Å². The average molecular weight is 327 g/mol. The molecule has 0 aromatic heterocycles. The predicted octanol–water partition coefficient (Wildman–Crippen LogP) is 3.16. The number of benzene rings is 2. The van der Waals surface area contributed by atoms with Crippen molar-refractivity contribution in [3.63, 3.8) is 0 Å². The summed E-state index contributed by atoms with van der Waals surface area (Å²) >= 11 is 0. The van der Waals surface area contributed by atoms with E-state index in [0.29, 0.717) is 22.5 Å². The second-order valence-corrected chi connectivity index (χ2v) is 5.26. The number of non-ortho nitro benzene ring substituents is 1. The van der Waals surface area contributed by atoms with Crippen LogP contribution in [0.25, 0.3) is 0 Å². The molecule has 24 heavy (non-hydrogen) atoms. The van der Waals surface area contributed by atoms with Gasteiger partial charge in [0.25, 0.3) is 5.69 Å². The number of carbonyl (C=O) groups excluding carboxylic acids is 2. The molecule has 1 amide bonds. The number of nitro groups is 1. The normalized spacial score (nSPS) is 10.1. The summed E-state index contributed by atoms with van der Waals surface area (Å²) in [5.74, 6) is -0.407. The maximum Gasteiger partial charge on any atom is 0.269 e. The van der Waals surface area contributed by atoms with Crippen molar-refractivity contribution in [2.24, 2.45) is 0 Å². The maximum absolute atomic E-state index is 12.0. The zero-order valence-electron chi connectivity index (χ0n) is 13.3. The highest BCUT2D eigenvalue weighted by molar-refractivity contribution is 6.00. The van der Waals surface area contributed by atoms with Gasteiger partial charge in [-0.15, -0.1) is 0 Å². The first-order chi connectivity index (χ1) is 11.4. The van der Waals surface area contributed by atoms with E-state index in [4.69, 9.17) is 0 Å². The SMILES string of the molecule is CC(=O)c1ccccc1NCC(=O)Nc1ccc([N+](=O)[O-])cc1C. The van der Waals surface area contributed by atoms with Gasteiger partial charge >= 0.3 is 0 Å². The number of nitrogens with one attached hydrogen (secondary N) is 2. The Balaban J connectivity index is 2.02. The molecule has 0 aliphatic heterocycles. The average Bonchev–Trinajstić information content (AvgIpc) is 2.54. The molecule has 0 saturated carbocycles. The summed E-state index contributed by atoms with van der Waals surface area (Å²) in [6, 6.07) is 11.2. The van der Waals surface area contributed by atoms with Crippen molar-refractivity contribution in [1.29, 1.82) is 0 Å². The quantitative estimate of drug-likeness (QED) is 0.482. The van der Waals surface area contributed by atoms with Crippen molar-refractivity contribution in [3.05, 3.63) is 63.7 Å². The highest BCUT2D eigenvalue weighted by Crippen LogP contribution is 2.21. The Morgan fingerprint density at radius 3 is 2.46 bits per heavy atom. The number of amides is 1. The highest BCUT2D eigenvalue weighted by atomic mass is 16.6. The molecule has 2 rings (SSSR count). The van der Waals surface area contributed by atoms with E-state index in [1.807, 2.05) is 0 Å². The Morgan fingerprint density at radius 1 is 1.12 bits per heavy atom. The molecule has 124 valence electrons. The molecular weight excluding hydrogens is 310 g/mol. The zero-order chi connectivity index (χ0) is 17.7. The molecule has 0 aliphatic rings. The van der Waals surface area contributed by atoms with E-state index in [9.17, 15) is 19.7 Å². The van der Waals surface area contributed by atoms with Crippen LogP contribution in [0.1, 0.15) is 22.8 Å². The van der Waals surface area contributed by atoms with E-state index in [2.05, 4.69) is 10.6 Å². The van der Waals surface area contributed by atoms with Crippen molar-refractivity contribution in [2.45, 2.75) is 13.8 Å². The summed E-state index contributed by atoms with van der Waals surface area (Å²) < 4.78 is 0. The molecule has 0 fully saturated rings. The van der Waals surface area contributed by atoms with Gasteiger partial charge in [0.15, 0.2) is 5.78 Å². The Kier molecular flexibility index (Phi) is 5.26. The van der Waals surface area contributed by atoms with Gasteiger partial charge in [0, 0.05) is 29.1 Å². The lowest BCUT2D eigenvalue weighted by atomic mass is 10.1. The first-order valence-electron chi connectivity index (χ1n) is 7.27. The standard InChI is InChI=1S/C17H17N3O4/c1-11-9-13(20(23)24)7-8-15(11)19-17(22)10-18-16-6-4-3-5-14(16)12(2)21/h3-9,18H,10H2,1-2H3,(H,19,22). The van der Waals surface area contributed by atoms with Crippen LogP contribution in [0.4, 0.5) is 17.1 Å². The number of nitro benzene ring substituents is 1. The van der Waals surface area contributed by atoms with E-state index >= 15 is 0 Å². The molecule has 2 N–H and O–H groups in total. The minimum atomic E-state index is -0.487. The van der Waals surface area contributed by atoms with Crippen LogP contribution in [0, 0.1) is 17.0 Å². The third kappa shape index (κ3) is 4.16. The van der Waals surface area contributed by atoms with Gasteiger partial charge in [0.05, 0.1) is 11.5 Å². The summed E-state index contributed by atoms with van der Waals surface area (Å²) in [4.78, 5) is 33.8. The number of Topliss-reactive ketones (excluding diaryl/α,β-unsaturated/α-hetero) is 1. The second kappa shape index (κ2) is 7.36. The monoisotopic (exact) mass is 327 g/mol. The molecule has 7 nitrogen and oxygen atoms in total. The highest BCUT2D eigenvalue weighted by Gasteiger charge is 2.11. The van der Waals surface area contributed by atoms with Gasteiger partial charge < -0.3 is 10.6 Å². The summed E-state index contributed by atoms with van der Waals surface area (Å²) in [6.45, 7) is 3.11. The van der Waals surface area contributed by atoms with Gasteiger partial charge in [0.2, 0.25) is 5.91 Å². The Morgan fingerprint density at radius 2 is 1.83 bits per heavy atom.